The van der Waals surface area contributed by atoms with Crippen molar-refractivity contribution in [3.8, 4) is 23.0 Å². The largest absolute Gasteiger partial charge is 0.493 e. The zero-order valence-corrected chi connectivity index (χ0v) is 26.6. The zero-order chi connectivity index (χ0) is 33.3. The number of ether oxygens (including phenoxy) is 3. The highest BCUT2D eigenvalue weighted by Gasteiger charge is 2.56. The summed E-state index contributed by atoms with van der Waals surface area (Å²) in [5.41, 5.74) is 1.08. The third-order valence-corrected chi connectivity index (χ3v) is 8.59. The first-order valence-corrected chi connectivity index (χ1v) is 15.4. The Morgan fingerprint density at radius 1 is 0.894 bits per heavy atom. The van der Waals surface area contributed by atoms with E-state index in [0.29, 0.717) is 41.7 Å². The van der Waals surface area contributed by atoms with Gasteiger partial charge in [-0.15, -0.1) is 0 Å². The highest BCUT2D eigenvalue weighted by Crippen LogP contribution is 2.47. The summed E-state index contributed by atoms with van der Waals surface area (Å²) in [6.45, 7) is 5.94. The lowest BCUT2D eigenvalue weighted by atomic mass is 10.0. The average molecular weight is 642 g/mol. The maximum absolute atomic E-state index is 15.3. The van der Waals surface area contributed by atoms with Crippen LogP contribution in [0.2, 0.25) is 0 Å². The number of halogens is 1. The number of likely N-dealkylation sites (N-methyl/N-ethyl adjacent to an activating group) is 1. The second-order valence-corrected chi connectivity index (χ2v) is 12.1. The number of fused-ring (bicyclic) bond motifs is 1. The molecule has 47 heavy (non-hydrogen) atoms. The fraction of sp³-hybridized carbons (Fsp3) is 0.314. The van der Waals surface area contributed by atoms with Crippen molar-refractivity contribution in [1.29, 1.82) is 0 Å². The molecule has 3 amide bonds. The lowest BCUT2D eigenvalue weighted by molar-refractivity contribution is -0.131. The SMILES string of the molecule is COc1cc2c(Oc3ccc(NC(=O)C4(C(=O)Nc5ccc(C)cc5)CC4)cc3F)ccnc2cc1OC(=O)N1CCN(C)C[C@H]1C. The van der Waals surface area contributed by atoms with Crippen LogP contribution in [0.4, 0.5) is 20.6 Å². The van der Waals surface area contributed by atoms with E-state index >= 15 is 4.39 Å². The van der Waals surface area contributed by atoms with Gasteiger partial charge in [-0.2, -0.15) is 0 Å². The predicted molar refractivity (Wildman–Crippen MR) is 175 cm³/mol. The number of nitrogens with one attached hydrogen (secondary N) is 2. The molecule has 0 radical (unpaired) electrons. The molecule has 1 aromatic heterocycles. The lowest BCUT2D eigenvalue weighted by Crippen LogP contribution is -2.53. The topological polar surface area (TPSA) is 122 Å². The van der Waals surface area contributed by atoms with E-state index in [2.05, 4.69) is 20.5 Å². The first-order chi connectivity index (χ1) is 22.6. The molecule has 4 aromatic rings. The molecule has 1 aliphatic heterocycles. The summed E-state index contributed by atoms with van der Waals surface area (Å²) < 4.78 is 32.5. The van der Waals surface area contributed by atoms with E-state index in [0.717, 1.165) is 24.7 Å². The van der Waals surface area contributed by atoms with E-state index in [1.807, 2.05) is 33.0 Å². The smallest absolute Gasteiger partial charge is 0.415 e. The predicted octanol–water partition coefficient (Wildman–Crippen LogP) is 5.98. The van der Waals surface area contributed by atoms with Gasteiger partial charge in [-0.1, -0.05) is 17.7 Å². The monoisotopic (exact) mass is 641 g/mol. The maximum Gasteiger partial charge on any atom is 0.415 e. The normalized spacial score (nSPS) is 17.1. The summed E-state index contributed by atoms with van der Waals surface area (Å²) >= 11 is 0. The molecule has 6 rings (SSSR count). The summed E-state index contributed by atoms with van der Waals surface area (Å²) in [5.74, 6) is -0.934. The van der Waals surface area contributed by atoms with E-state index in [9.17, 15) is 14.4 Å². The van der Waals surface area contributed by atoms with Gasteiger partial charge in [-0.05, 0) is 70.1 Å². The molecule has 11 nitrogen and oxygen atoms in total. The Morgan fingerprint density at radius 3 is 2.26 bits per heavy atom. The third-order valence-electron chi connectivity index (χ3n) is 8.59. The molecular weight excluding hydrogens is 605 g/mol. The van der Waals surface area contributed by atoms with Gasteiger partial charge in [0.2, 0.25) is 11.8 Å². The Labute approximate surface area is 271 Å². The first kappa shape index (κ1) is 31.7. The number of hydrogen-bond acceptors (Lipinski definition) is 8. The molecule has 0 unspecified atom stereocenters. The second kappa shape index (κ2) is 12.9. The van der Waals surface area contributed by atoms with E-state index in [4.69, 9.17) is 14.2 Å². The van der Waals surface area contributed by atoms with Gasteiger partial charge in [0.15, 0.2) is 23.1 Å². The fourth-order valence-electron chi connectivity index (χ4n) is 5.62. The number of pyridine rings is 1. The van der Waals surface area contributed by atoms with Crippen molar-refractivity contribution in [2.24, 2.45) is 5.41 Å². The van der Waals surface area contributed by atoms with Crippen molar-refractivity contribution in [3.05, 3.63) is 78.2 Å². The van der Waals surface area contributed by atoms with Gasteiger partial charge >= 0.3 is 6.09 Å². The van der Waals surface area contributed by atoms with Gasteiger partial charge < -0.3 is 34.6 Å². The first-order valence-electron chi connectivity index (χ1n) is 15.4. The van der Waals surface area contributed by atoms with Crippen LogP contribution in [-0.2, 0) is 9.59 Å². The number of carbonyl (C=O) groups is 3. The van der Waals surface area contributed by atoms with Crippen LogP contribution >= 0.6 is 0 Å². The minimum atomic E-state index is -1.21. The molecule has 0 bridgehead atoms. The zero-order valence-electron chi connectivity index (χ0n) is 26.6. The van der Waals surface area contributed by atoms with Gasteiger partial charge in [0.1, 0.15) is 11.2 Å². The Balaban J connectivity index is 1.15. The standard InChI is InChI=1S/C35H36FN5O6/c1-21-5-7-23(8-6-21)38-32(42)35(12-13-35)33(43)39-24-9-10-29(26(36)17-24)46-28-11-14-37-27-19-31(30(45-4)18-25(27)28)47-34(44)41-16-15-40(3)20-22(41)2/h5-11,14,17-19,22H,12-13,15-16,20H2,1-4H3,(H,38,42)(H,39,43)/t22-/m1/s1. The van der Waals surface area contributed by atoms with Crippen LogP contribution < -0.4 is 24.8 Å². The van der Waals surface area contributed by atoms with Crippen molar-refractivity contribution in [1.82, 2.24) is 14.8 Å². The molecule has 2 N–H and O–H groups in total. The number of carbonyl (C=O) groups excluding carboxylic acids is 3. The van der Waals surface area contributed by atoms with Crippen molar-refractivity contribution in [2.45, 2.75) is 32.7 Å². The fourth-order valence-corrected chi connectivity index (χ4v) is 5.62. The van der Waals surface area contributed by atoms with Crippen LogP contribution in [0, 0.1) is 18.2 Å². The van der Waals surface area contributed by atoms with Gasteiger partial charge in [-0.25, -0.2) is 9.18 Å². The Hall–Kier alpha value is -5.23. The van der Waals surface area contributed by atoms with Crippen LogP contribution in [0.3, 0.4) is 0 Å². The summed E-state index contributed by atoms with van der Waals surface area (Å²) in [4.78, 5) is 47.3. The number of methoxy groups -OCH3 is 1. The van der Waals surface area contributed by atoms with Crippen molar-refractivity contribution in [2.75, 3.05) is 44.4 Å². The Kier molecular flexibility index (Phi) is 8.69. The van der Waals surface area contributed by atoms with Crippen LogP contribution in [0.15, 0.2) is 66.9 Å². The number of hydrogen-bond donors (Lipinski definition) is 2. The quantitative estimate of drug-likeness (QED) is 0.226. The number of nitrogens with zero attached hydrogens (tertiary/aromatic N) is 3. The molecule has 2 heterocycles. The molecule has 1 aliphatic carbocycles. The number of rotatable bonds is 8. The Morgan fingerprint density at radius 2 is 1.60 bits per heavy atom. The van der Waals surface area contributed by atoms with Gasteiger partial charge in [0.25, 0.3) is 0 Å². The molecule has 1 saturated heterocycles. The minimum absolute atomic E-state index is 0.0150. The minimum Gasteiger partial charge on any atom is -0.493 e. The van der Waals surface area contributed by atoms with Gasteiger partial charge in [0.05, 0.1) is 12.6 Å². The summed E-state index contributed by atoms with van der Waals surface area (Å²) in [5, 5.41) is 5.99. The third kappa shape index (κ3) is 6.68. The van der Waals surface area contributed by atoms with E-state index in [1.54, 1.807) is 35.2 Å². The number of anilines is 2. The molecular formula is C35H36FN5O6. The number of aryl methyl sites for hydroxylation is 1. The summed E-state index contributed by atoms with van der Waals surface area (Å²) in [6, 6.07) is 16.1. The molecule has 1 atom stereocenters. The molecule has 2 fully saturated rings. The highest BCUT2D eigenvalue weighted by molar-refractivity contribution is 6.16. The molecule has 244 valence electrons. The summed E-state index contributed by atoms with van der Waals surface area (Å²) in [6.07, 6.45) is 1.81. The molecule has 2 aliphatic rings. The van der Waals surface area contributed by atoms with Crippen LogP contribution in [0.1, 0.15) is 25.3 Å². The molecule has 1 saturated carbocycles. The van der Waals surface area contributed by atoms with Crippen molar-refractivity contribution < 1.29 is 33.0 Å². The molecule has 3 aromatic carbocycles. The number of amides is 3. The van der Waals surface area contributed by atoms with E-state index in [-0.39, 0.29) is 29.0 Å². The second-order valence-electron chi connectivity index (χ2n) is 12.1. The number of benzene rings is 3. The maximum atomic E-state index is 15.3. The van der Waals surface area contributed by atoms with Crippen molar-refractivity contribution >= 4 is 40.2 Å². The number of piperazine rings is 1. The summed E-state index contributed by atoms with van der Waals surface area (Å²) in [7, 11) is 3.47. The highest BCUT2D eigenvalue weighted by atomic mass is 19.1. The molecule has 0 spiro atoms. The number of aromatic nitrogens is 1. The lowest BCUT2D eigenvalue weighted by Gasteiger charge is -2.37. The molecule has 12 heteroatoms. The van der Waals surface area contributed by atoms with Crippen LogP contribution in [0.25, 0.3) is 10.9 Å². The van der Waals surface area contributed by atoms with Gasteiger partial charge in [-0.3, -0.25) is 14.6 Å². The Bertz CT molecular complexity index is 1840. The average Bonchev–Trinajstić information content (AvgIpc) is 3.86. The van der Waals surface area contributed by atoms with Crippen molar-refractivity contribution in [3.63, 3.8) is 0 Å². The van der Waals surface area contributed by atoms with E-state index in [1.165, 1.54) is 25.4 Å². The van der Waals surface area contributed by atoms with Gasteiger partial charge in [0, 0.05) is 60.8 Å². The van der Waals surface area contributed by atoms with Crippen LogP contribution in [-0.4, -0.2) is 72.5 Å². The van der Waals surface area contributed by atoms with E-state index < -0.39 is 29.1 Å². The van der Waals surface area contributed by atoms with Crippen LogP contribution in [0.5, 0.6) is 23.0 Å².